The van der Waals surface area contributed by atoms with Crippen molar-refractivity contribution in [3.05, 3.63) is 58.1 Å². The summed E-state index contributed by atoms with van der Waals surface area (Å²) in [6.07, 6.45) is 3.31. The highest BCUT2D eigenvalue weighted by molar-refractivity contribution is 6.33. The molecule has 0 atom stereocenters. The third kappa shape index (κ3) is 4.88. The van der Waals surface area contributed by atoms with Crippen molar-refractivity contribution in [1.82, 2.24) is 20.4 Å². The van der Waals surface area contributed by atoms with Crippen LogP contribution < -0.4 is 10.1 Å². The summed E-state index contributed by atoms with van der Waals surface area (Å²) >= 11 is 6.30. The fourth-order valence-corrected chi connectivity index (χ4v) is 4.18. The number of aryl methyl sites for hydroxylation is 3. The van der Waals surface area contributed by atoms with Crippen LogP contribution in [0.3, 0.4) is 0 Å². The highest BCUT2D eigenvalue weighted by Gasteiger charge is 2.28. The van der Waals surface area contributed by atoms with Crippen molar-refractivity contribution in [1.29, 1.82) is 0 Å². The molecular weight excluding hydrogens is 416 g/mol. The largest absolute Gasteiger partial charge is 0.460 e. The van der Waals surface area contributed by atoms with E-state index in [0.29, 0.717) is 33.6 Å². The van der Waals surface area contributed by atoms with Gasteiger partial charge in [0, 0.05) is 23.0 Å². The topological polar surface area (TPSA) is 90.1 Å². The quantitative estimate of drug-likeness (QED) is 0.611. The number of hydrogen-bond donors (Lipinski definition) is 1. The molecule has 31 heavy (non-hydrogen) atoms. The lowest BCUT2D eigenvalue weighted by Gasteiger charge is -2.29. The highest BCUT2D eigenvalue weighted by Crippen LogP contribution is 2.31. The van der Waals surface area contributed by atoms with Gasteiger partial charge in [0.25, 0.3) is 5.91 Å². The van der Waals surface area contributed by atoms with E-state index in [-0.39, 0.29) is 18.1 Å². The Morgan fingerprint density at radius 1 is 1.10 bits per heavy atom. The predicted octanol–water partition coefficient (Wildman–Crippen LogP) is 4.83. The van der Waals surface area contributed by atoms with Gasteiger partial charge in [0.1, 0.15) is 23.1 Å². The van der Waals surface area contributed by atoms with Crippen LogP contribution in [-0.2, 0) is 0 Å². The number of carbonyl (C=O) groups is 1. The van der Waals surface area contributed by atoms with E-state index in [4.69, 9.17) is 20.9 Å². The second-order valence-corrected chi connectivity index (χ2v) is 8.35. The third-order valence-electron chi connectivity index (χ3n) is 5.46. The number of benzene rings is 1. The zero-order chi connectivity index (χ0) is 22.0. The maximum Gasteiger partial charge on any atom is 0.317 e. The van der Waals surface area contributed by atoms with Crippen molar-refractivity contribution in [2.45, 2.75) is 58.6 Å². The van der Waals surface area contributed by atoms with Crippen molar-refractivity contribution in [2.75, 3.05) is 0 Å². The molecule has 0 unspecified atom stereocenters. The number of aromatic nitrogens is 3. The number of nitrogens with one attached hydrogen (secondary N) is 1. The van der Waals surface area contributed by atoms with Crippen LogP contribution in [0.25, 0.3) is 11.3 Å². The first-order chi connectivity index (χ1) is 14.9. The fourth-order valence-electron chi connectivity index (χ4n) is 3.95. The van der Waals surface area contributed by atoms with Crippen LogP contribution in [0.2, 0.25) is 5.02 Å². The Hall–Kier alpha value is -2.93. The van der Waals surface area contributed by atoms with Gasteiger partial charge < -0.3 is 14.6 Å². The van der Waals surface area contributed by atoms with Crippen LogP contribution in [0, 0.1) is 20.8 Å². The summed E-state index contributed by atoms with van der Waals surface area (Å²) < 4.78 is 11.3. The van der Waals surface area contributed by atoms with Crippen LogP contribution in [0.4, 0.5) is 0 Å². The number of rotatable bonds is 5. The fraction of sp³-hybridized carbons (Fsp3) is 0.391. The van der Waals surface area contributed by atoms with Gasteiger partial charge in [0.2, 0.25) is 0 Å². The van der Waals surface area contributed by atoms with Crippen LogP contribution in [0.5, 0.6) is 6.01 Å². The highest BCUT2D eigenvalue weighted by atomic mass is 35.5. The maximum absolute atomic E-state index is 13.0. The molecule has 4 rings (SSSR count). The molecule has 0 spiro atoms. The van der Waals surface area contributed by atoms with E-state index < -0.39 is 0 Å². The monoisotopic (exact) mass is 440 g/mol. The molecule has 0 radical (unpaired) electrons. The average molecular weight is 441 g/mol. The van der Waals surface area contributed by atoms with Crippen molar-refractivity contribution in [2.24, 2.45) is 0 Å². The maximum atomic E-state index is 13.0. The standard InChI is InChI=1S/C23H25ClN4O3/c1-13-12-14(2)26-23(25-13)30-17-10-8-16(9-11-17)27-22(29)20-15(3)31-28-21(20)18-6-4-5-7-19(18)24/h4-7,12,16-17H,8-11H2,1-3H3,(H,27,29). The van der Waals surface area contributed by atoms with Gasteiger partial charge in [-0.2, -0.15) is 0 Å². The van der Waals surface area contributed by atoms with E-state index in [1.165, 1.54) is 0 Å². The number of carbonyl (C=O) groups excluding carboxylic acids is 1. The summed E-state index contributed by atoms with van der Waals surface area (Å²) in [7, 11) is 0. The molecule has 7 nitrogen and oxygen atoms in total. The molecule has 3 aromatic rings. The Morgan fingerprint density at radius 3 is 2.45 bits per heavy atom. The van der Waals surface area contributed by atoms with E-state index in [0.717, 1.165) is 37.1 Å². The molecular formula is C23H25ClN4O3. The first-order valence-electron chi connectivity index (χ1n) is 10.4. The average Bonchev–Trinajstić information content (AvgIpc) is 3.10. The second-order valence-electron chi connectivity index (χ2n) is 7.94. The van der Waals surface area contributed by atoms with Crippen molar-refractivity contribution in [3.63, 3.8) is 0 Å². The zero-order valence-corrected chi connectivity index (χ0v) is 18.6. The van der Waals surface area contributed by atoms with Gasteiger partial charge in [-0.15, -0.1) is 0 Å². The lowest BCUT2D eigenvalue weighted by atomic mass is 9.92. The molecule has 0 saturated heterocycles. The first-order valence-corrected chi connectivity index (χ1v) is 10.8. The molecule has 0 bridgehead atoms. The van der Waals surface area contributed by atoms with E-state index in [2.05, 4.69) is 20.4 Å². The summed E-state index contributed by atoms with van der Waals surface area (Å²) in [6, 6.07) is 9.69. The van der Waals surface area contributed by atoms with E-state index in [9.17, 15) is 4.79 Å². The molecule has 1 aromatic carbocycles. The van der Waals surface area contributed by atoms with E-state index in [1.54, 1.807) is 13.0 Å². The third-order valence-corrected chi connectivity index (χ3v) is 5.79. The number of nitrogens with zero attached hydrogens (tertiary/aromatic N) is 3. The summed E-state index contributed by atoms with van der Waals surface area (Å²) in [5.74, 6) is 0.270. The van der Waals surface area contributed by atoms with Gasteiger partial charge in [0.15, 0.2) is 0 Å². The number of hydrogen-bond acceptors (Lipinski definition) is 6. The molecule has 1 saturated carbocycles. The minimum atomic E-state index is -0.198. The predicted molar refractivity (Wildman–Crippen MR) is 117 cm³/mol. The van der Waals surface area contributed by atoms with Crippen LogP contribution in [-0.4, -0.2) is 33.2 Å². The Labute approximate surface area is 186 Å². The molecule has 2 aromatic heterocycles. The number of halogens is 1. The molecule has 2 heterocycles. The van der Waals surface area contributed by atoms with Gasteiger partial charge in [0.05, 0.1) is 5.02 Å². The Morgan fingerprint density at radius 2 is 1.77 bits per heavy atom. The van der Waals surface area contributed by atoms with Crippen molar-refractivity contribution >= 4 is 17.5 Å². The molecule has 8 heteroatoms. The summed E-state index contributed by atoms with van der Waals surface area (Å²) in [6.45, 7) is 5.59. The molecule has 1 amide bonds. The summed E-state index contributed by atoms with van der Waals surface area (Å²) in [4.78, 5) is 21.7. The van der Waals surface area contributed by atoms with Gasteiger partial charge in [-0.25, -0.2) is 9.97 Å². The van der Waals surface area contributed by atoms with Crippen molar-refractivity contribution in [3.8, 4) is 17.3 Å². The molecule has 1 N–H and O–H groups in total. The second kappa shape index (κ2) is 9.06. The normalized spacial score (nSPS) is 18.6. The number of amides is 1. The Balaban J connectivity index is 1.39. The van der Waals surface area contributed by atoms with Gasteiger partial charge in [-0.3, -0.25) is 4.79 Å². The lowest BCUT2D eigenvalue weighted by Crippen LogP contribution is -2.40. The smallest absolute Gasteiger partial charge is 0.317 e. The summed E-state index contributed by atoms with van der Waals surface area (Å²) in [5.41, 5.74) is 3.35. The molecule has 1 aliphatic rings. The SMILES string of the molecule is Cc1cc(C)nc(OC2CCC(NC(=O)c3c(-c4ccccc4Cl)noc3C)CC2)n1. The van der Waals surface area contributed by atoms with Crippen molar-refractivity contribution < 1.29 is 14.1 Å². The van der Waals surface area contributed by atoms with Crippen LogP contribution >= 0.6 is 11.6 Å². The minimum absolute atomic E-state index is 0.0466. The van der Waals surface area contributed by atoms with E-state index >= 15 is 0 Å². The van der Waals surface area contributed by atoms with Gasteiger partial charge >= 0.3 is 6.01 Å². The van der Waals surface area contributed by atoms with E-state index in [1.807, 2.05) is 38.1 Å². The molecule has 0 aliphatic heterocycles. The molecule has 162 valence electrons. The Bertz CT molecular complexity index is 1070. The van der Waals surface area contributed by atoms with Crippen LogP contribution in [0.15, 0.2) is 34.9 Å². The van der Waals surface area contributed by atoms with Gasteiger partial charge in [-0.05, 0) is 58.6 Å². The van der Waals surface area contributed by atoms with Crippen LogP contribution in [0.1, 0.15) is 53.2 Å². The Kier molecular flexibility index (Phi) is 6.23. The number of ether oxygens (including phenoxy) is 1. The first kappa shape index (κ1) is 21.3. The molecule has 1 aliphatic carbocycles. The molecule has 1 fully saturated rings. The zero-order valence-electron chi connectivity index (χ0n) is 17.8. The lowest BCUT2D eigenvalue weighted by molar-refractivity contribution is 0.0883. The summed E-state index contributed by atoms with van der Waals surface area (Å²) in [5, 5.41) is 7.73. The minimum Gasteiger partial charge on any atom is -0.460 e. The van der Waals surface area contributed by atoms with Gasteiger partial charge in [-0.1, -0.05) is 35.0 Å².